The van der Waals surface area contributed by atoms with Crippen molar-refractivity contribution >= 4 is 5.91 Å². The number of benzene rings is 2. The number of aromatic nitrogens is 1. The van der Waals surface area contributed by atoms with E-state index >= 15 is 0 Å². The van der Waals surface area contributed by atoms with E-state index in [4.69, 9.17) is 4.52 Å². The Bertz CT molecular complexity index is 873. The van der Waals surface area contributed by atoms with E-state index < -0.39 is 11.7 Å². The van der Waals surface area contributed by atoms with Crippen LogP contribution < -0.4 is 5.32 Å². The van der Waals surface area contributed by atoms with Gasteiger partial charge in [-0.3, -0.25) is 4.79 Å². The summed E-state index contributed by atoms with van der Waals surface area (Å²) in [6.07, 6.45) is 0. The van der Waals surface area contributed by atoms with Crippen LogP contribution in [-0.4, -0.2) is 11.1 Å². The molecule has 4 nitrogen and oxygen atoms in total. The highest BCUT2D eigenvalue weighted by Crippen LogP contribution is 2.27. The molecular weight excluding hydrogens is 314 g/mol. The summed E-state index contributed by atoms with van der Waals surface area (Å²) in [5, 5.41) is 6.52. The normalized spacial score (nSPS) is 10.6. The smallest absolute Gasteiger partial charge is 0.257 e. The molecular formula is C18H14F2N2O2. The van der Waals surface area contributed by atoms with Gasteiger partial charge in [-0.25, -0.2) is 8.78 Å². The highest BCUT2D eigenvalue weighted by Gasteiger charge is 2.23. The molecule has 3 rings (SSSR count). The number of halogens is 2. The summed E-state index contributed by atoms with van der Waals surface area (Å²) in [6, 6.07) is 11.8. The second-order valence-electron chi connectivity index (χ2n) is 5.25. The quantitative estimate of drug-likeness (QED) is 0.791. The Labute approximate surface area is 137 Å². The van der Waals surface area contributed by atoms with Crippen molar-refractivity contribution in [1.29, 1.82) is 0 Å². The summed E-state index contributed by atoms with van der Waals surface area (Å²) in [7, 11) is 0. The molecule has 24 heavy (non-hydrogen) atoms. The standard InChI is InChI=1S/C18H14F2N2O2/c1-11-16(17(22-24-11)14-4-2-3-5-15(14)20)18(23)21-10-12-6-8-13(19)9-7-12/h2-9H,10H2,1H3,(H,21,23). The maximum absolute atomic E-state index is 14.0. The average molecular weight is 328 g/mol. The number of amides is 1. The zero-order valence-electron chi connectivity index (χ0n) is 12.8. The Kier molecular flexibility index (Phi) is 4.37. The lowest BCUT2D eigenvalue weighted by Gasteiger charge is -2.06. The number of aryl methyl sites for hydroxylation is 1. The molecule has 0 atom stereocenters. The molecule has 0 aliphatic carbocycles. The molecule has 122 valence electrons. The molecule has 1 N–H and O–H groups in total. The Morgan fingerprint density at radius 2 is 1.83 bits per heavy atom. The predicted molar refractivity (Wildman–Crippen MR) is 84.2 cm³/mol. The lowest BCUT2D eigenvalue weighted by molar-refractivity contribution is 0.0950. The second kappa shape index (κ2) is 6.62. The van der Waals surface area contributed by atoms with Crippen LogP contribution in [-0.2, 0) is 6.54 Å². The molecule has 2 aromatic carbocycles. The molecule has 0 saturated heterocycles. The van der Waals surface area contributed by atoms with Gasteiger partial charge in [0.25, 0.3) is 5.91 Å². The van der Waals surface area contributed by atoms with Gasteiger partial charge in [-0.1, -0.05) is 29.4 Å². The van der Waals surface area contributed by atoms with Gasteiger partial charge < -0.3 is 9.84 Å². The highest BCUT2D eigenvalue weighted by molar-refractivity contribution is 6.00. The minimum absolute atomic E-state index is 0.155. The third-order valence-electron chi connectivity index (χ3n) is 3.59. The zero-order valence-corrected chi connectivity index (χ0v) is 12.8. The summed E-state index contributed by atoms with van der Waals surface area (Å²) in [6.45, 7) is 1.80. The molecule has 0 aliphatic heterocycles. The van der Waals surface area contributed by atoms with Crippen molar-refractivity contribution in [1.82, 2.24) is 10.5 Å². The number of carbonyl (C=O) groups excluding carboxylic acids is 1. The molecule has 0 aliphatic rings. The second-order valence-corrected chi connectivity index (χ2v) is 5.25. The van der Waals surface area contributed by atoms with Crippen molar-refractivity contribution < 1.29 is 18.1 Å². The molecule has 1 amide bonds. The molecule has 0 saturated carbocycles. The fourth-order valence-electron chi connectivity index (χ4n) is 2.35. The van der Waals surface area contributed by atoms with Crippen molar-refractivity contribution in [2.45, 2.75) is 13.5 Å². The average Bonchev–Trinajstić information content (AvgIpc) is 2.96. The lowest BCUT2D eigenvalue weighted by Crippen LogP contribution is -2.23. The van der Waals surface area contributed by atoms with Crippen molar-refractivity contribution in [2.24, 2.45) is 0 Å². The van der Waals surface area contributed by atoms with Gasteiger partial charge in [0.2, 0.25) is 0 Å². The van der Waals surface area contributed by atoms with Crippen LogP contribution >= 0.6 is 0 Å². The summed E-state index contributed by atoms with van der Waals surface area (Å²) >= 11 is 0. The van der Waals surface area contributed by atoms with E-state index in [1.54, 1.807) is 31.2 Å². The van der Waals surface area contributed by atoms with Crippen LogP contribution in [0.5, 0.6) is 0 Å². The summed E-state index contributed by atoms with van der Waals surface area (Å²) < 4.78 is 31.9. The van der Waals surface area contributed by atoms with Gasteiger partial charge in [-0.15, -0.1) is 0 Å². The van der Waals surface area contributed by atoms with Crippen molar-refractivity contribution in [2.75, 3.05) is 0 Å². The van der Waals surface area contributed by atoms with E-state index in [9.17, 15) is 13.6 Å². The minimum Gasteiger partial charge on any atom is -0.360 e. The molecule has 1 heterocycles. The molecule has 0 spiro atoms. The van der Waals surface area contributed by atoms with E-state index in [-0.39, 0.29) is 29.2 Å². The van der Waals surface area contributed by atoms with Gasteiger partial charge in [0.15, 0.2) is 0 Å². The molecule has 6 heteroatoms. The van der Waals surface area contributed by atoms with E-state index in [0.717, 1.165) is 5.56 Å². The number of carbonyl (C=O) groups is 1. The number of nitrogens with zero attached hydrogens (tertiary/aromatic N) is 1. The molecule has 3 aromatic rings. The van der Waals surface area contributed by atoms with Gasteiger partial charge in [0.05, 0.1) is 0 Å². The van der Waals surface area contributed by atoms with Crippen LogP contribution in [0, 0.1) is 18.6 Å². The molecule has 1 aromatic heterocycles. The van der Waals surface area contributed by atoms with Crippen molar-refractivity contribution in [3.8, 4) is 11.3 Å². The third kappa shape index (κ3) is 3.17. The molecule has 0 bridgehead atoms. The summed E-state index contributed by atoms with van der Waals surface area (Å²) in [5.41, 5.74) is 1.27. The van der Waals surface area contributed by atoms with E-state index in [2.05, 4.69) is 10.5 Å². The SMILES string of the molecule is Cc1onc(-c2ccccc2F)c1C(=O)NCc1ccc(F)cc1. The molecule has 0 unspecified atom stereocenters. The van der Waals surface area contributed by atoms with Crippen molar-refractivity contribution in [3.63, 3.8) is 0 Å². The van der Waals surface area contributed by atoms with Crippen LogP contribution in [0.4, 0.5) is 8.78 Å². The third-order valence-corrected chi connectivity index (χ3v) is 3.59. The van der Waals surface area contributed by atoms with E-state index in [0.29, 0.717) is 5.76 Å². The fourth-order valence-corrected chi connectivity index (χ4v) is 2.35. The van der Waals surface area contributed by atoms with Crippen LogP contribution in [0.2, 0.25) is 0 Å². The van der Waals surface area contributed by atoms with Crippen LogP contribution in [0.1, 0.15) is 21.7 Å². The fraction of sp³-hybridized carbons (Fsp3) is 0.111. The molecule has 0 radical (unpaired) electrons. The van der Waals surface area contributed by atoms with Crippen molar-refractivity contribution in [3.05, 3.63) is 77.1 Å². The topological polar surface area (TPSA) is 55.1 Å². The Morgan fingerprint density at radius 1 is 1.12 bits per heavy atom. The predicted octanol–water partition coefficient (Wildman–Crippen LogP) is 3.86. The number of nitrogens with one attached hydrogen (secondary N) is 1. The summed E-state index contributed by atoms with van der Waals surface area (Å²) in [4.78, 5) is 12.5. The van der Waals surface area contributed by atoms with Gasteiger partial charge in [0, 0.05) is 12.1 Å². The molecule has 0 fully saturated rings. The van der Waals surface area contributed by atoms with Gasteiger partial charge >= 0.3 is 0 Å². The zero-order chi connectivity index (χ0) is 17.1. The van der Waals surface area contributed by atoms with Crippen LogP contribution in [0.15, 0.2) is 53.1 Å². The first-order chi connectivity index (χ1) is 11.6. The maximum atomic E-state index is 14.0. The van der Waals surface area contributed by atoms with Crippen LogP contribution in [0.3, 0.4) is 0 Å². The van der Waals surface area contributed by atoms with Gasteiger partial charge in [-0.2, -0.15) is 0 Å². The number of rotatable bonds is 4. The first kappa shape index (κ1) is 15.9. The Balaban J connectivity index is 1.84. The Hall–Kier alpha value is -3.02. The Morgan fingerprint density at radius 3 is 2.54 bits per heavy atom. The number of hydrogen-bond acceptors (Lipinski definition) is 3. The number of hydrogen-bond donors (Lipinski definition) is 1. The minimum atomic E-state index is -0.488. The largest absolute Gasteiger partial charge is 0.360 e. The van der Waals surface area contributed by atoms with E-state index in [1.807, 2.05) is 0 Å². The first-order valence-corrected chi connectivity index (χ1v) is 7.30. The monoisotopic (exact) mass is 328 g/mol. The maximum Gasteiger partial charge on any atom is 0.257 e. The van der Waals surface area contributed by atoms with E-state index in [1.165, 1.54) is 24.3 Å². The van der Waals surface area contributed by atoms with Gasteiger partial charge in [0.1, 0.15) is 28.7 Å². The lowest BCUT2D eigenvalue weighted by atomic mass is 10.0. The van der Waals surface area contributed by atoms with Crippen LogP contribution in [0.25, 0.3) is 11.3 Å². The highest BCUT2D eigenvalue weighted by atomic mass is 19.1. The van der Waals surface area contributed by atoms with Gasteiger partial charge in [-0.05, 0) is 36.8 Å². The summed E-state index contributed by atoms with van der Waals surface area (Å²) in [5.74, 6) is -0.971. The first-order valence-electron chi connectivity index (χ1n) is 7.30.